The lowest BCUT2D eigenvalue weighted by Crippen LogP contribution is -2.27. The number of phosphoric ester groups is 1. The third-order valence-electron chi connectivity index (χ3n) is 1.83. The van der Waals surface area contributed by atoms with Crippen molar-refractivity contribution in [1.82, 2.24) is 0 Å². The predicted octanol–water partition coefficient (Wildman–Crippen LogP) is 2.20. The van der Waals surface area contributed by atoms with Crippen LogP contribution >= 0.6 is 7.82 Å². The third kappa shape index (κ3) is 2.07. The van der Waals surface area contributed by atoms with Gasteiger partial charge >= 0.3 is 7.82 Å². The van der Waals surface area contributed by atoms with E-state index in [1.807, 2.05) is 20.8 Å². The number of hydrogen-bond donors (Lipinski definition) is 0. The van der Waals surface area contributed by atoms with Crippen LogP contribution in [0.2, 0.25) is 0 Å². The van der Waals surface area contributed by atoms with Crippen molar-refractivity contribution in [3.8, 4) is 0 Å². The third-order valence-corrected chi connectivity index (χ3v) is 3.26. The second-order valence-corrected chi connectivity index (χ2v) is 5.61. The molecule has 2 unspecified atom stereocenters. The van der Waals surface area contributed by atoms with Crippen LogP contribution < -0.4 is 0 Å². The van der Waals surface area contributed by atoms with Crippen molar-refractivity contribution in [2.45, 2.75) is 26.9 Å². The molecule has 1 aliphatic heterocycles. The van der Waals surface area contributed by atoms with E-state index in [1.165, 1.54) is 7.11 Å². The Morgan fingerprint density at radius 2 is 2.08 bits per heavy atom. The van der Waals surface area contributed by atoms with Gasteiger partial charge in [-0.05, 0) is 5.41 Å². The molecular weight excluding hydrogens is 179 g/mol. The molecule has 0 radical (unpaired) electrons. The summed E-state index contributed by atoms with van der Waals surface area (Å²) < 4.78 is 26.1. The highest BCUT2D eigenvalue weighted by Gasteiger charge is 2.42. The van der Waals surface area contributed by atoms with Crippen molar-refractivity contribution in [3.63, 3.8) is 0 Å². The van der Waals surface area contributed by atoms with E-state index in [-0.39, 0.29) is 11.5 Å². The van der Waals surface area contributed by atoms with E-state index in [0.717, 1.165) is 0 Å². The molecule has 1 fully saturated rings. The predicted molar refractivity (Wildman–Crippen MR) is 44.9 cm³/mol. The molecule has 12 heavy (non-hydrogen) atoms. The molecule has 4 nitrogen and oxygen atoms in total. The lowest BCUT2D eigenvalue weighted by molar-refractivity contribution is 0.0985. The molecule has 0 bridgehead atoms. The molecule has 2 atom stereocenters. The first-order chi connectivity index (χ1) is 5.37. The molecule has 0 amide bonds. The molecule has 1 rings (SSSR count). The fourth-order valence-electron chi connectivity index (χ4n) is 0.880. The Morgan fingerprint density at radius 3 is 2.33 bits per heavy atom. The van der Waals surface area contributed by atoms with Crippen LogP contribution in [0, 0.1) is 5.41 Å². The molecule has 1 saturated heterocycles. The Labute approximate surface area is 72.8 Å². The van der Waals surface area contributed by atoms with Gasteiger partial charge in [-0.3, -0.25) is 13.6 Å². The maximum atomic E-state index is 11.4. The monoisotopic (exact) mass is 194 g/mol. The Kier molecular flexibility index (Phi) is 2.64. The zero-order chi connectivity index (χ0) is 9.41. The number of hydrogen-bond acceptors (Lipinski definition) is 4. The fourth-order valence-corrected chi connectivity index (χ4v) is 2.14. The van der Waals surface area contributed by atoms with Gasteiger partial charge in [0.15, 0.2) is 0 Å². The number of phosphoric acid groups is 1. The van der Waals surface area contributed by atoms with E-state index in [0.29, 0.717) is 6.61 Å². The number of rotatable bonds is 1. The Bertz CT molecular complexity index is 208. The molecule has 1 heterocycles. The maximum Gasteiger partial charge on any atom is 0.474 e. The van der Waals surface area contributed by atoms with Crippen LogP contribution in [0.1, 0.15) is 20.8 Å². The van der Waals surface area contributed by atoms with E-state index in [4.69, 9.17) is 9.05 Å². The summed E-state index contributed by atoms with van der Waals surface area (Å²) >= 11 is 0. The van der Waals surface area contributed by atoms with Crippen molar-refractivity contribution >= 4 is 7.82 Å². The van der Waals surface area contributed by atoms with Gasteiger partial charge in [-0.1, -0.05) is 20.8 Å². The standard InChI is InChI=1S/C7H15O4P/c1-7(2,3)6-5-10-12(8,9-4)11-6/h6H,5H2,1-4H3. The van der Waals surface area contributed by atoms with Gasteiger partial charge in [0.25, 0.3) is 0 Å². The highest BCUT2D eigenvalue weighted by Crippen LogP contribution is 2.56. The molecule has 1 aliphatic rings. The van der Waals surface area contributed by atoms with Crippen molar-refractivity contribution in [2.75, 3.05) is 13.7 Å². The maximum absolute atomic E-state index is 11.4. The Balaban J connectivity index is 2.63. The van der Waals surface area contributed by atoms with Gasteiger partial charge < -0.3 is 0 Å². The zero-order valence-electron chi connectivity index (χ0n) is 7.86. The highest BCUT2D eigenvalue weighted by molar-refractivity contribution is 7.48. The SMILES string of the molecule is COP1(=O)OCC(C(C)(C)C)O1. The Morgan fingerprint density at radius 1 is 1.50 bits per heavy atom. The Hall–Kier alpha value is 0.110. The van der Waals surface area contributed by atoms with Crippen LogP contribution in [0.4, 0.5) is 0 Å². The van der Waals surface area contributed by atoms with Crippen molar-refractivity contribution in [1.29, 1.82) is 0 Å². The van der Waals surface area contributed by atoms with Gasteiger partial charge in [-0.25, -0.2) is 4.57 Å². The van der Waals surface area contributed by atoms with Crippen molar-refractivity contribution < 1.29 is 18.1 Å². The summed E-state index contributed by atoms with van der Waals surface area (Å²) in [5.41, 5.74) is -0.0648. The molecule has 0 N–H and O–H groups in total. The molecular formula is C7H15O4P. The second-order valence-electron chi connectivity index (χ2n) is 3.89. The molecule has 0 spiro atoms. The topological polar surface area (TPSA) is 44.8 Å². The minimum atomic E-state index is -3.20. The summed E-state index contributed by atoms with van der Waals surface area (Å²) in [6.45, 7) is 6.36. The van der Waals surface area contributed by atoms with E-state index in [9.17, 15) is 4.57 Å². The van der Waals surface area contributed by atoms with Crippen LogP contribution in [0.15, 0.2) is 0 Å². The van der Waals surface area contributed by atoms with E-state index >= 15 is 0 Å². The average Bonchev–Trinajstić information content (AvgIpc) is 2.32. The average molecular weight is 194 g/mol. The largest absolute Gasteiger partial charge is 0.474 e. The summed E-state index contributed by atoms with van der Waals surface area (Å²) in [7, 11) is -1.88. The lowest BCUT2D eigenvalue weighted by Gasteiger charge is -2.23. The summed E-state index contributed by atoms with van der Waals surface area (Å²) in [6.07, 6.45) is -0.150. The molecule has 0 aromatic heterocycles. The molecule has 0 saturated carbocycles. The molecule has 0 aromatic carbocycles. The molecule has 0 aromatic rings. The summed E-state index contributed by atoms with van der Waals surface area (Å²) in [4.78, 5) is 0. The van der Waals surface area contributed by atoms with Crippen LogP contribution in [-0.2, 0) is 18.1 Å². The van der Waals surface area contributed by atoms with Gasteiger partial charge in [-0.2, -0.15) is 0 Å². The first-order valence-electron chi connectivity index (χ1n) is 3.86. The fraction of sp³-hybridized carbons (Fsp3) is 1.00. The quantitative estimate of drug-likeness (QED) is 0.600. The van der Waals surface area contributed by atoms with Gasteiger partial charge in [0.2, 0.25) is 0 Å². The normalized spacial score (nSPS) is 37.2. The van der Waals surface area contributed by atoms with Gasteiger partial charge in [0.05, 0.1) is 12.7 Å². The van der Waals surface area contributed by atoms with Crippen LogP contribution in [-0.4, -0.2) is 19.8 Å². The summed E-state index contributed by atoms with van der Waals surface area (Å²) in [6, 6.07) is 0. The molecule has 0 aliphatic carbocycles. The van der Waals surface area contributed by atoms with Crippen molar-refractivity contribution in [3.05, 3.63) is 0 Å². The zero-order valence-corrected chi connectivity index (χ0v) is 8.76. The minimum Gasteiger partial charge on any atom is -0.290 e. The van der Waals surface area contributed by atoms with E-state index in [2.05, 4.69) is 4.52 Å². The summed E-state index contributed by atoms with van der Waals surface area (Å²) in [5.74, 6) is 0. The van der Waals surface area contributed by atoms with Crippen LogP contribution in [0.3, 0.4) is 0 Å². The highest BCUT2D eigenvalue weighted by atomic mass is 31.2. The van der Waals surface area contributed by atoms with Crippen molar-refractivity contribution in [2.24, 2.45) is 5.41 Å². The van der Waals surface area contributed by atoms with E-state index < -0.39 is 7.82 Å². The van der Waals surface area contributed by atoms with Gasteiger partial charge in [-0.15, -0.1) is 0 Å². The van der Waals surface area contributed by atoms with Gasteiger partial charge in [0.1, 0.15) is 0 Å². The van der Waals surface area contributed by atoms with Crippen LogP contribution in [0.5, 0.6) is 0 Å². The molecule has 72 valence electrons. The first kappa shape index (κ1) is 10.2. The van der Waals surface area contributed by atoms with Gasteiger partial charge in [0, 0.05) is 7.11 Å². The second kappa shape index (κ2) is 3.11. The van der Waals surface area contributed by atoms with Crippen LogP contribution in [0.25, 0.3) is 0 Å². The van der Waals surface area contributed by atoms with E-state index in [1.54, 1.807) is 0 Å². The smallest absolute Gasteiger partial charge is 0.290 e. The first-order valence-corrected chi connectivity index (χ1v) is 5.32. The minimum absolute atomic E-state index is 0.0648. The lowest BCUT2D eigenvalue weighted by atomic mass is 9.90. The molecule has 5 heteroatoms. The summed E-state index contributed by atoms with van der Waals surface area (Å²) in [5, 5.41) is 0.